The lowest BCUT2D eigenvalue weighted by atomic mass is 10.2. The fraction of sp³-hybridized carbons (Fsp3) is 0.583. The molecule has 0 amide bonds. The largest absolute Gasteiger partial charge is 0.376 e. The maximum atomic E-state index is 5.76. The Morgan fingerprint density at radius 1 is 1.53 bits per heavy atom. The first kappa shape index (κ1) is 12.2. The van der Waals surface area contributed by atoms with Crippen LogP contribution in [0.25, 0.3) is 11.0 Å². The van der Waals surface area contributed by atoms with Gasteiger partial charge in [-0.3, -0.25) is 5.10 Å². The number of nitrogens with zero attached hydrogens (tertiary/aromatic N) is 4. The van der Waals surface area contributed by atoms with Crippen molar-refractivity contribution in [2.45, 2.75) is 25.9 Å². The predicted octanol–water partition coefficient (Wildman–Crippen LogP) is 0.940. The molecule has 1 fully saturated rings. The molecule has 3 heterocycles. The van der Waals surface area contributed by atoms with Gasteiger partial charge in [-0.25, -0.2) is 0 Å². The van der Waals surface area contributed by atoms with Crippen molar-refractivity contribution < 1.29 is 4.74 Å². The van der Waals surface area contributed by atoms with Gasteiger partial charge in [0.15, 0.2) is 5.65 Å². The minimum absolute atomic E-state index is 0.262. The van der Waals surface area contributed by atoms with E-state index in [2.05, 4.69) is 32.0 Å². The Bertz CT molecular complexity index is 562. The molecule has 1 saturated heterocycles. The molecule has 0 bridgehead atoms. The zero-order valence-corrected chi connectivity index (χ0v) is 11.0. The van der Waals surface area contributed by atoms with Crippen molar-refractivity contribution in [1.29, 1.82) is 0 Å². The quantitative estimate of drug-likeness (QED) is 0.851. The number of nitrogens with one attached hydrogen (secondary N) is 1. The van der Waals surface area contributed by atoms with Crippen molar-refractivity contribution in [3.63, 3.8) is 0 Å². The lowest BCUT2D eigenvalue weighted by Crippen LogP contribution is -2.33. The molecule has 0 saturated carbocycles. The van der Waals surface area contributed by atoms with E-state index < -0.39 is 0 Å². The summed E-state index contributed by atoms with van der Waals surface area (Å²) < 4.78 is 5.69. The molecule has 1 aliphatic heterocycles. The highest BCUT2D eigenvalue weighted by Crippen LogP contribution is 2.24. The monoisotopic (exact) mass is 262 g/mol. The minimum atomic E-state index is 0.262. The van der Waals surface area contributed by atoms with Gasteiger partial charge in [-0.2, -0.15) is 15.1 Å². The van der Waals surface area contributed by atoms with Crippen molar-refractivity contribution in [3.8, 4) is 0 Å². The molecule has 1 aliphatic rings. The maximum absolute atomic E-state index is 5.76. The summed E-state index contributed by atoms with van der Waals surface area (Å²) in [6.45, 7) is 4.62. The van der Waals surface area contributed by atoms with Crippen molar-refractivity contribution in [1.82, 2.24) is 20.2 Å². The first-order chi connectivity index (χ1) is 9.28. The number of rotatable bonds is 4. The lowest BCUT2D eigenvalue weighted by molar-refractivity contribution is 0.115. The maximum Gasteiger partial charge on any atom is 0.224 e. The number of aromatic nitrogens is 4. The molecule has 0 radical (unpaired) electrons. The Hall–Kier alpha value is -1.89. The Morgan fingerprint density at radius 2 is 2.42 bits per heavy atom. The van der Waals surface area contributed by atoms with Gasteiger partial charge in [0.1, 0.15) is 5.82 Å². The van der Waals surface area contributed by atoms with Crippen molar-refractivity contribution >= 4 is 22.8 Å². The fourth-order valence-electron chi connectivity index (χ4n) is 2.48. The van der Waals surface area contributed by atoms with E-state index in [4.69, 9.17) is 10.5 Å². The highest BCUT2D eigenvalue weighted by atomic mass is 16.5. The first-order valence-electron chi connectivity index (χ1n) is 6.61. The Labute approximate surface area is 111 Å². The van der Waals surface area contributed by atoms with Crippen LogP contribution in [-0.2, 0) is 4.74 Å². The minimum Gasteiger partial charge on any atom is -0.376 e. The van der Waals surface area contributed by atoms with E-state index in [9.17, 15) is 0 Å². The van der Waals surface area contributed by atoms with Gasteiger partial charge in [0.05, 0.1) is 17.7 Å². The number of hydrogen-bond acceptors (Lipinski definition) is 6. The van der Waals surface area contributed by atoms with E-state index in [0.717, 1.165) is 43.7 Å². The molecule has 7 heteroatoms. The predicted molar refractivity (Wildman–Crippen MR) is 73.0 cm³/mol. The van der Waals surface area contributed by atoms with Crippen LogP contribution in [0, 0.1) is 0 Å². The highest BCUT2D eigenvalue weighted by molar-refractivity contribution is 5.87. The standard InChI is InChI=1S/C12H18N6O/c1-2-18(7-8-4-3-5-19-8)11-9-6-14-17-10(9)15-12(13)16-11/h6,8H,2-5,7H2,1H3,(H3,13,14,15,16,17). The number of fused-ring (bicyclic) bond motifs is 1. The molecule has 3 N–H and O–H groups in total. The third-order valence-electron chi connectivity index (χ3n) is 3.44. The number of aromatic amines is 1. The van der Waals surface area contributed by atoms with Crippen LogP contribution in [-0.4, -0.2) is 46.0 Å². The number of H-pyrrole nitrogens is 1. The summed E-state index contributed by atoms with van der Waals surface area (Å²) in [5.74, 6) is 1.09. The molecule has 2 aromatic rings. The van der Waals surface area contributed by atoms with E-state index in [1.165, 1.54) is 0 Å². The third kappa shape index (κ3) is 2.33. The number of nitrogens with two attached hydrogens (primary N) is 1. The van der Waals surface area contributed by atoms with Crippen LogP contribution in [0.4, 0.5) is 11.8 Å². The molecule has 7 nitrogen and oxygen atoms in total. The third-order valence-corrected chi connectivity index (χ3v) is 3.44. The summed E-state index contributed by atoms with van der Waals surface area (Å²) >= 11 is 0. The summed E-state index contributed by atoms with van der Waals surface area (Å²) in [5, 5.41) is 7.74. The number of anilines is 2. The Kier molecular flexibility index (Phi) is 3.20. The molecule has 3 rings (SSSR count). The second-order valence-electron chi connectivity index (χ2n) is 4.71. The van der Waals surface area contributed by atoms with E-state index in [1.54, 1.807) is 6.20 Å². The summed E-state index contributed by atoms with van der Waals surface area (Å²) in [4.78, 5) is 10.7. The number of hydrogen-bond donors (Lipinski definition) is 2. The van der Waals surface area contributed by atoms with Crippen LogP contribution in [0.5, 0.6) is 0 Å². The van der Waals surface area contributed by atoms with Crippen LogP contribution in [0.2, 0.25) is 0 Å². The van der Waals surface area contributed by atoms with Crippen LogP contribution in [0.15, 0.2) is 6.20 Å². The van der Waals surface area contributed by atoms with Gasteiger partial charge in [0.2, 0.25) is 5.95 Å². The Balaban J connectivity index is 1.93. The second-order valence-corrected chi connectivity index (χ2v) is 4.71. The van der Waals surface area contributed by atoms with Crippen LogP contribution in [0.3, 0.4) is 0 Å². The van der Waals surface area contributed by atoms with Crippen molar-refractivity contribution in [2.24, 2.45) is 0 Å². The smallest absolute Gasteiger partial charge is 0.224 e. The molecule has 102 valence electrons. The second kappa shape index (κ2) is 5.00. The van der Waals surface area contributed by atoms with Gasteiger partial charge >= 0.3 is 0 Å². The lowest BCUT2D eigenvalue weighted by Gasteiger charge is -2.25. The van der Waals surface area contributed by atoms with Crippen molar-refractivity contribution in [3.05, 3.63) is 6.20 Å². The molecule has 2 aromatic heterocycles. The zero-order chi connectivity index (χ0) is 13.2. The average molecular weight is 262 g/mol. The molecule has 1 unspecified atom stereocenters. The van der Waals surface area contributed by atoms with Crippen LogP contribution < -0.4 is 10.6 Å². The summed E-state index contributed by atoms with van der Waals surface area (Å²) in [5.41, 5.74) is 6.43. The number of ether oxygens (including phenoxy) is 1. The zero-order valence-electron chi connectivity index (χ0n) is 11.0. The molecular formula is C12H18N6O. The van der Waals surface area contributed by atoms with E-state index in [1.807, 2.05) is 0 Å². The normalized spacial score (nSPS) is 19.1. The molecule has 0 spiro atoms. The summed E-state index contributed by atoms with van der Waals surface area (Å²) in [7, 11) is 0. The van der Waals surface area contributed by atoms with Crippen LogP contribution in [0.1, 0.15) is 19.8 Å². The summed E-state index contributed by atoms with van der Waals surface area (Å²) in [6, 6.07) is 0. The van der Waals surface area contributed by atoms with E-state index in [0.29, 0.717) is 5.65 Å². The van der Waals surface area contributed by atoms with Crippen molar-refractivity contribution in [2.75, 3.05) is 30.3 Å². The molecule has 1 atom stereocenters. The average Bonchev–Trinajstić information content (AvgIpc) is 3.05. The van der Waals surface area contributed by atoms with Gasteiger partial charge in [-0.1, -0.05) is 0 Å². The molecule has 19 heavy (non-hydrogen) atoms. The molecule has 0 aromatic carbocycles. The van der Waals surface area contributed by atoms with Crippen LogP contribution >= 0.6 is 0 Å². The van der Waals surface area contributed by atoms with Gasteiger partial charge in [0.25, 0.3) is 0 Å². The molecular weight excluding hydrogens is 244 g/mol. The topological polar surface area (TPSA) is 93.0 Å². The summed E-state index contributed by atoms with van der Waals surface area (Å²) in [6.07, 6.45) is 4.25. The fourth-order valence-corrected chi connectivity index (χ4v) is 2.48. The number of nitrogen functional groups attached to an aromatic ring is 1. The van der Waals surface area contributed by atoms with E-state index >= 15 is 0 Å². The Morgan fingerprint density at radius 3 is 3.16 bits per heavy atom. The highest BCUT2D eigenvalue weighted by Gasteiger charge is 2.21. The first-order valence-corrected chi connectivity index (χ1v) is 6.61. The van der Waals surface area contributed by atoms with Gasteiger partial charge < -0.3 is 15.4 Å². The SMILES string of the molecule is CCN(CC1CCCO1)c1nc(N)nc2[nH]ncc12. The van der Waals surface area contributed by atoms with Gasteiger partial charge in [-0.15, -0.1) is 0 Å². The number of likely N-dealkylation sites (N-methyl/N-ethyl adjacent to an activating group) is 1. The van der Waals surface area contributed by atoms with E-state index in [-0.39, 0.29) is 12.1 Å². The van der Waals surface area contributed by atoms with Gasteiger partial charge in [-0.05, 0) is 19.8 Å². The van der Waals surface area contributed by atoms with Gasteiger partial charge in [0, 0.05) is 19.7 Å². The molecule has 0 aliphatic carbocycles.